The maximum Gasteiger partial charge on any atom is 0.225 e. The highest BCUT2D eigenvalue weighted by Gasteiger charge is 2.33. The Kier molecular flexibility index (Phi) is 4.73. The first-order valence-electron chi connectivity index (χ1n) is 6.38. The summed E-state index contributed by atoms with van der Waals surface area (Å²) in [5.41, 5.74) is 0.0446. The van der Waals surface area contributed by atoms with E-state index in [-0.39, 0.29) is 42.2 Å². The highest BCUT2D eigenvalue weighted by atomic mass is 16.3. The number of rotatable bonds is 4. The molecule has 0 aliphatic carbocycles. The van der Waals surface area contributed by atoms with E-state index < -0.39 is 0 Å². The van der Waals surface area contributed by atoms with Crippen molar-refractivity contribution in [1.29, 1.82) is 0 Å². The zero-order valence-corrected chi connectivity index (χ0v) is 11.7. The van der Waals surface area contributed by atoms with Gasteiger partial charge in [-0.05, 0) is 11.8 Å². The van der Waals surface area contributed by atoms with E-state index in [1.54, 1.807) is 11.9 Å². The average molecular weight is 256 g/mol. The van der Waals surface area contributed by atoms with Crippen molar-refractivity contribution in [1.82, 2.24) is 10.2 Å². The van der Waals surface area contributed by atoms with E-state index in [4.69, 9.17) is 0 Å². The second kappa shape index (κ2) is 5.69. The zero-order valence-electron chi connectivity index (χ0n) is 11.7. The monoisotopic (exact) mass is 256 g/mol. The molecule has 0 spiro atoms. The van der Waals surface area contributed by atoms with Crippen LogP contribution in [0.2, 0.25) is 0 Å². The van der Waals surface area contributed by atoms with E-state index in [1.807, 2.05) is 0 Å². The lowest BCUT2D eigenvalue weighted by atomic mass is 9.88. The minimum Gasteiger partial charge on any atom is -0.394 e. The van der Waals surface area contributed by atoms with Crippen molar-refractivity contribution >= 4 is 11.8 Å². The van der Waals surface area contributed by atoms with Crippen molar-refractivity contribution in [3.05, 3.63) is 0 Å². The van der Waals surface area contributed by atoms with Crippen molar-refractivity contribution in [3.8, 4) is 0 Å². The van der Waals surface area contributed by atoms with Crippen molar-refractivity contribution in [2.75, 3.05) is 20.2 Å². The third-order valence-electron chi connectivity index (χ3n) is 3.14. The minimum atomic E-state index is -0.281. The predicted octanol–water partition coefficient (Wildman–Crippen LogP) is 0.378. The molecule has 1 saturated heterocycles. The molecule has 0 radical (unpaired) electrons. The molecule has 0 aromatic rings. The van der Waals surface area contributed by atoms with Crippen LogP contribution in [0.1, 0.15) is 33.6 Å². The largest absolute Gasteiger partial charge is 0.394 e. The molecule has 0 bridgehead atoms. The summed E-state index contributed by atoms with van der Waals surface area (Å²) in [5, 5.41) is 12.1. The molecule has 0 aromatic carbocycles. The summed E-state index contributed by atoms with van der Waals surface area (Å²) in [5.74, 6) is -0.404. The molecular formula is C13H24N2O3. The van der Waals surface area contributed by atoms with Crippen molar-refractivity contribution in [2.24, 2.45) is 11.3 Å². The molecule has 5 heteroatoms. The Hall–Kier alpha value is -1.10. The summed E-state index contributed by atoms with van der Waals surface area (Å²) < 4.78 is 0. The maximum absolute atomic E-state index is 12.0. The fourth-order valence-electron chi connectivity index (χ4n) is 2.26. The van der Waals surface area contributed by atoms with Gasteiger partial charge in [0.1, 0.15) is 0 Å². The Balaban J connectivity index is 2.50. The summed E-state index contributed by atoms with van der Waals surface area (Å²) in [6.45, 7) is 6.59. The Morgan fingerprint density at radius 1 is 1.56 bits per heavy atom. The lowest BCUT2D eigenvalue weighted by Gasteiger charge is -2.26. The Labute approximate surface area is 109 Å². The van der Waals surface area contributed by atoms with E-state index in [0.29, 0.717) is 13.0 Å². The van der Waals surface area contributed by atoms with Crippen molar-refractivity contribution in [3.63, 3.8) is 0 Å². The first kappa shape index (κ1) is 15.0. The van der Waals surface area contributed by atoms with E-state index >= 15 is 0 Å². The number of hydrogen-bond donors (Lipinski definition) is 2. The van der Waals surface area contributed by atoms with E-state index in [9.17, 15) is 14.7 Å². The summed E-state index contributed by atoms with van der Waals surface area (Å²) in [6.07, 6.45) is 0.988. The highest BCUT2D eigenvalue weighted by molar-refractivity contribution is 5.89. The van der Waals surface area contributed by atoms with Gasteiger partial charge in [0.15, 0.2) is 0 Å². The standard InChI is InChI=1S/C13H24N2O3/c1-13(2,3)6-10(8-16)14-12(18)9-5-11(17)15(4)7-9/h9-10,16H,5-8H2,1-4H3,(H,14,18). The Morgan fingerprint density at radius 2 is 2.17 bits per heavy atom. The van der Waals surface area contributed by atoms with Crippen LogP contribution in [-0.4, -0.2) is 48.1 Å². The predicted molar refractivity (Wildman–Crippen MR) is 68.8 cm³/mol. The number of amides is 2. The molecule has 1 aliphatic rings. The molecule has 5 nitrogen and oxygen atoms in total. The smallest absolute Gasteiger partial charge is 0.225 e. The molecule has 1 aliphatic heterocycles. The zero-order chi connectivity index (χ0) is 13.9. The topological polar surface area (TPSA) is 69.6 Å². The summed E-state index contributed by atoms with van der Waals surface area (Å²) in [6, 6.07) is -0.237. The van der Waals surface area contributed by atoms with Gasteiger partial charge in [-0.15, -0.1) is 0 Å². The van der Waals surface area contributed by atoms with Crippen LogP contribution in [-0.2, 0) is 9.59 Å². The number of aliphatic hydroxyl groups is 1. The van der Waals surface area contributed by atoms with Crippen LogP contribution in [0.15, 0.2) is 0 Å². The fraction of sp³-hybridized carbons (Fsp3) is 0.846. The normalized spacial score (nSPS) is 22.2. The van der Waals surface area contributed by atoms with Gasteiger partial charge >= 0.3 is 0 Å². The second-order valence-electron chi connectivity index (χ2n) is 6.33. The van der Waals surface area contributed by atoms with Crippen LogP contribution in [0, 0.1) is 11.3 Å². The number of carbonyl (C=O) groups excluding carboxylic acids is 2. The van der Waals surface area contributed by atoms with Gasteiger partial charge in [-0.3, -0.25) is 9.59 Å². The fourth-order valence-corrected chi connectivity index (χ4v) is 2.26. The molecule has 0 saturated carbocycles. The number of nitrogens with one attached hydrogen (secondary N) is 1. The Morgan fingerprint density at radius 3 is 2.56 bits per heavy atom. The maximum atomic E-state index is 12.0. The van der Waals surface area contributed by atoms with Crippen LogP contribution < -0.4 is 5.32 Å². The van der Waals surface area contributed by atoms with Crippen LogP contribution in [0.3, 0.4) is 0 Å². The number of hydrogen-bond acceptors (Lipinski definition) is 3. The van der Waals surface area contributed by atoms with Gasteiger partial charge in [0.25, 0.3) is 0 Å². The van der Waals surface area contributed by atoms with Gasteiger partial charge in [0.2, 0.25) is 11.8 Å². The van der Waals surface area contributed by atoms with E-state index in [1.165, 1.54) is 0 Å². The van der Waals surface area contributed by atoms with Crippen LogP contribution >= 0.6 is 0 Å². The lowest BCUT2D eigenvalue weighted by molar-refractivity contribution is -0.128. The van der Waals surface area contributed by atoms with Crippen LogP contribution in [0.5, 0.6) is 0 Å². The molecule has 2 unspecified atom stereocenters. The molecule has 0 aromatic heterocycles. The van der Waals surface area contributed by atoms with Gasteiger partial charge in [-0.2, -0.15) is 0 Å². The highest BCUT2D eigenvalue weighted by Crippen LogP contribution is 2.21. The number of carbonyl (C=O) groups is 2. The van der Waals surface area contributed by atoms with Gasteiger partial charge < -0.3 is 15.3 Å². The van der Waals surface area contributed by atoms with Gasteiger partial charge in [-0.1, -0.05) is 20.8 Å². The number of likely N-dealkylation sites (tertiary alicyclic amines) is 1. The summed E-state index contributed by atoms with van der Waals surface area (Å²) >= 11 is 0. The molecule has 18 heavy (non-hydrogen) atoms. The number of nitrogens with zero attached hydrogens (tertiary/aromatic N) is 1. The third kappa shape index (κ3) is 4.29. The molecule has 1 rings (SSSR count). The van der Waals surface area contributed by atoms with Crippen LogP contribution in [0.25, 0.3) is 0 Å². The summed E-state index contributed by atoms with van der Waals surface area (Å²) in [4.78, 5) is 24.9. The van der Waals surface area contributed by atoms with Gasteiger partial charge in [-0.25, -0.2) is 0 Å². The molecule has 104 valence electrons. The van der Waals surface area contributed by atoms with Gasteiger partial charge in [0.05, 0.1) is 18.6 Å². The molecule has 2 atom stereocenters. The Bertz CT molecular complexity index is 323. The lowest BCUT2D eigenvalue weighted by Crippen LogP contribution is -2.43. The van der Waals surface area contributed by atoms with E-state index in [0.717, 1.165) is 0 Å². The summed E-state index contributed by atoms with van der Waals surface area (Å²) in [7, 11) is 1.70. The van der Waals surface area contributed by atoms with Gasteiger partial charge in [0, 0.05) is 20.0 Å². The average Bonchev–Trinajstić information content (AvgIpc) is 2.56. The first-order valence-corrected chi connectivity index (χ1v) is 6.38. The first-order chi connectivity index (χ1) is 8.23. The van der Waals surface area contributed by atoms with Crippen molar-refractivity contribution < 1.29 is 14.7 Å². The van der Waals surface area contributed by atoms with Crippen LogP contribution in [0.4, 0.5) is 0 Å². The number of aliphatic hydroxyl groups excluding tert-OH is 1. The quantitative estimate of drug-likeness (QED) is 0.764. The molecule has 1 heterocycles. The minimum absolute atomic E-state index is 0.00604. The van der Waals surface area contributed by atoms with Crippen molar-refractivity contribution in [2.45, 2.75) is 39.7 Å². The molecule has 2 amide bonds. The second-order valence-corrected chi connectivity index (χ2v) is 6.33. The molecule has 2 N–H and O–H groups in total. The SMILES string of the molecule is CN1CC(C(=O)NC(CO)CC(C)(C)C)CC1=O. The third-order valence-corrected chi connectivity index (χ3v) is 3.14. The van der Waals surface area contributed by atoms with E-state index in [2.05, 4.69) is 26.1 Å². The molecular weight excluding hydrogens is 232 g/mol. The molecule has 1 fully saturated rings.